The van der Waals surface area contributed by atoms with Crippen LogP contribution in [0.15, 0.2) is 35.0 Å². The van der Waals surface area contributed by atoms with Gasteiger partial charge in [-0.1, -0.05) is 34.6 Å². The SMILES string of the molecule is CONC(=O)c1cn(Cc2ccc(-c3noc(C(F)(F)F)n3)cc2)nn1. The van der Waals surface area contributed by atoms with E-state index in [0.29, 0.717) is 12.1 Å². The van der Waals surface area contributed by atoms with Gasteiger partial charge >= 0.3 is 12.1 Å². The molecule has 2 heterocycles. The Kier molecular flexibility index (Phi) is 4.67. The number of hydrogen-bond donors (Lipinski definition) is 1. The molecule has 1 amide bonds. The van der Waals surface area contributed by atoms with Crippen LogP contribution in [-0.4, -0.2) is 38.2 Å². The highest BCUT2D eigenvalue weighted by Crippen LogP contribution is 2.29. The molecule has 26 heavy (non-hydrogen) atoms. The van der Waals surface area contributed by atoms with Gasteiger partial charge in [-0.2, -0.15) is 18.2 Å². The first kappa shape index (κ1) is 17.5. The standard InChI is InChI=1S/C14H11F3N6O3/c1-25-21-12(24)10-7-23(22-19-10)6-8-2-4-9(5-3-8)11-18-13(26-20-11)14(15,16)17/h2-5,7H,6H2,1H3,(H,21,24). The minimum Gasteiger partial charge on any atom is -0.329 e. The summed E-state index contributed by atoms with van der Waals surface area (Å²) >= 11 is 0. The predicted molar refractivity (Wildman–Crippen MR) is 78.3 cm³/mol. The second kappa shape index (κ2) is 6.92. The highest BCUT2D eigenvalue weighted by molar-refractivity contribution is 5.90. The lowest BCUT2D eigenvalue weighted by atomic mass is 10.1. The predicted octanol–water partition coefficient (Wildman–Crippen LogP) is 1.69. The Labute approximate surface area is 143 Å². The zero-order chi connectivity index (χ0) is 18.7. The second-order valence-corrected chi connectivity index (χ2v) is 5.05. The molecule has 1 N–H and O–H groups in total. The van der Waals surface area contributed by atoms with Gasteiger partial charge in [0, 0.05) is 5.56 Å². The number of carbonyl (C=O) groups is 1. The molecule has 0 atom stereocenters. The van der Waals surface area contributed by atoms with E-state index in [-0.39, 0.29) is 11.5 Å². The largest absolute Gasteiger partial charge is 0.471 e. The Bertz CT molecular complexity index is 903. The highest BCUT2D eigenvalue weighted by Gasteiger charge is 2.38. The number of benzene rings is 1. The molecule has 0 unspecified atom stereocenters. The third kappa shape index (κ3) is 3.85. The Hall–Kier alpha value is -3.28. The van der Waals surface area contributed by atoms with Crippen LogP contribution < -0.4 is 5.48 Å². The number of hydroxylamine groups is 1. The molecular weight excluding hydrogens is 357 g/mol. The summed E-state index contributed by atoms with van der Waals surface area (Å²) in [5.41, 5.74) is 3.34. The highest BCUT2D eigenvalue weighted by atomic mass is 19.4. The number of nitrogens with one attached hydrogen (secondary N) is 1. The van der Waals surface area contributed by atoms with Crippen molar-refractivity contribution in [2.45, 2.75) is 12.7 Å². The van der Waals surface area contributed by atoms with E-state index in [0.717, 1.165) is 5.56 Å². The van der Waals surface area contributed by atoms with Crippen LogP contribution in [0.5, 0.6) is 0 Å². The fraction of sp³-hybridized carbons (Fsp3) is 0.214. The summed E-state index contributed by atoms with van der Waals surface area (Å²) in [7, 11) is 1.30. The Morgan fingerprint density at radius 3 is 2.65 bits per heavy atom. The minimum absolute atomic E-state index is 0.0787. The molecule has 0 bridgehead atoms. The maximum atomic E-state index is 12.5. The van der Waals surface area contributed by atoms with E-state index in [2.05, 4.69) is 35.3 Å². The molecule has 0 spiro atoms. The Balaban J connectivity index is 1.70. The normalized spacial score (nSPS) is 11.5. The van der Waals surface area contributed by atoms with Crippen LogP contribution in [0, 0.1) is 0 Å². The number of amides is 1. The molecule has 0 aliphatic carbocycles. The molecule has 0 radical (unpaired) electrons. The van der Waals surface area contributed by atoms with Crippen molar-refractivity contribution < 1.29 is 27.3 Å². The van der Waals surface area contributed by atoms with E-state index < -0.39 is 18.0 Å². The number of aromatic nitrogens is 5. The van der Waals surface area contributed by atoms with Crippen molar-refractivity contribution >= 4 is 5.91 Å². The third-order valence-corrected chi connectivity index (χ3v) is 3.19. The molecule has 0 aliphatic rings. The van der Waals surface area contributed by atoms with Gasteiger partial charge in [0.25, 0.3) is 5.91 Å². The quantitative estimate of drug-likeness (QED) is 0.683. The number of halogens is 3. The van der Waals surface area contributed by atoms with Crippen LogP contribution in [-0.2, 0) is 17.6 Å². The van der Waals surface area contributed by atoms with Gasteiger partial charge in [0.15, 0.2) is 5.69 Å². The summed E-state index contributed by atoms with van der Waals surface area (Å²) in [6.45, 7) is 0.299. The van der Waals surface area contributed by atoms with Crippen LogP contribution in [0.2, 0.25) is 0 Å². The lowest BCUT2D eigenvalue weighted by Crippen LogP contribution is -2.22. The van der Waals surface area contributed by atoms with Gasteiger partial charge in [-0.15, -0.1) is 5.10 Å². The molecular formula is C14H11F3N6O3. The van der Waals surface area contributed by atoms with Crippen LogP contribution in [0.3, 0.4) is 0 Å². The van der Waals surface area contributed by atoms with Crippen LogP contribution in [0.4, 0.5) is 13.2 Å². The first-order valence-electron chi connectivity index (χ1n) is 7.10. The van der Waals surface area contributed by atoms with Crippen LogP contribution >= 0.6 is 0 Å². The molecule has 9 nitrogen and oxygen atoms in total. The average molecular weight is 368 g/mol. The van der Waals surface area contributed by atoms with Gasteiger partial charge in [0.05, 0.1) is 19.9 Å². The number of rotatable bonds is 5. The molecule has 2 aromatic heterocycles. The summed E-state index contributed by atoms with van der Waals surface area (Å²) in [5.74, 6) is -2.10. The van der Waals surface area contributed by atoms with E-state index >= 15 is 0 Å². The lowest BCUT2D eigenvalue weighted by Gasteiger charge is -2.02. The van der Waals surface area contributed by atoms with E-state index in [1.807, 2.05) is 0 Å². The minimum atomic E-state index is -4.69. The van der Waals surface area contributed by atoms with Gasteiger partial charge in [-0.05, 0) is 5.56 Å². The number of hydrogen-bond acceptors (Lipinski definition) is 7. The molecule has 3 aromatic rings. The van der Waals surface area contributed by atoms with E-state index in [9.17, 15) is 18.0 Å². The fourth-order valence-electron chi connectivity index (χ4n) is 2.03. The van der Waals surface area contributed by atoms with Gasteiger partial charge < -0.3 is 4.52 Å². The summed E-state index contributed by atoms with van der Waals surface area (Å²) in [4.78, 5) is 19.3. The molecule has 0 saturated carbocycles. The first-order chi connectivity index (χ1) is 12.4. The molecule has 0 fully saturated rings. The molecule has 0 saturated heterocycles. The Morgan fingerprint density at radius 1 is 1.31 bits per heavy atom. The summed E-state index contributed by atoms with van der Waals surface area (Å²) in [6.07, 6.45) is -3.26. The van der Waals surface area contributed by atoms with Crippen molar-refractivity contribution in [3.8, 4) is 11.4 Å². The van der Waals surface area contributed by atoms with E-state index in [1.165, 1.54) is 18.0 Å². The fourth-order valence-corrected chi connectivity index (χ4v) is 2.03. The van der Waals surface area contributed by atoms with Crippen molar-refractivity contribution in [2.24, 2.45) is 0 Å². The average Bonchev–Trinajstić information content (AvgIpc) is 3.25. The van der Waals surface area contributed by atoms with Crippen LogP contribution in [0.1, 0.15) is 21.9 Å². The summed E-state index contributed by atoms with van der Waals surface area (Å²) < 4.78 is 43.1. The second-order valence-electron chi connectivity index (χ2n) is 5.05. The summed E-state index contributed by atoms with van der Waals surface area (Å²) in [6, 6.07) is 6.43. The smallest absolute Gasteiger partial charge is 0.329 e. The lowest BCUT2D eigenvalue weighted by molar-refractivity contribution is -0.159. The molecule has 3 rings (SSSR count). The molecule has 12 heteroatoms. The van der Waals surface area contributed by atoms with Crippen molar-refractivity contribution in [2.75, 3.05) is 7.11 Å². The first-order valence-corrected chi connectivity index (χ1v) is 7.10. The van der Waals surface area contributed by atoms with Gasteiger partial charge in [0.1, 0.15) is 0 Å². The summed E-state index contributed by atoms with van der Waals surface area (Å²) in [5, 5.41) is 10.8. The topological polar surface area (TPSA) is 108 Å². The van der Waals surface area contributed by atoms with Crippen LogP contribution in [0.25, 0.3) is 11.4 Å². The van der Waals surface area contributed by atoms with Crippen molar-refractivity contribution in [1.29, 1.82) is 0 Å². The van der Waals surface area contributed by atoms with Crippen molar-refractivity contribution in [3.63, 3.8) is 0 Å². The Morgan fingerprint density at radius 2 is 2.04 bits per heavy atom. The maximum Gasteiger partial charge on any atom is 0.471 e. The van der Waals surface area contributed by atoms with Crippen molar-refractivity contribution in [1.82, 2.24) is 30.6 Å². The van der Waals surface area contributed by atoms with E-state index in [4.69, 9.17) is 0 Å². The number of carbonyl (C=O) groups excluding carboxylic acids is 1. The van der Waals surface area contributed by atoms with Gasteiger partial charge in [-0.3, -0.25) is 9.63 Å². The van der Waals surface area contributed by atoms with E-state index in [1.54, 1.807) is 24.3 Å². The van der Waals surface area contributed by atoms with Crippen molar-refractivity contribution in [3.05, 3.63) is 47.6 Å². The van der Waals surface area contributed by atoms with Gasteiger partial charge in [-0.25, -0.2) is 10.2 Å². The number of alkyl halides is 3. The molecule has 0 aliphatic heterocycles. The maximum absolute atomic E-state index is 12.5. The van der Waals surface area contributed by atoms with Gasteiger partial charge in [0.2, 0.25) is 5.82 Å². The monoisotopic (exact) mass is 368 g/mol. The molecule has 136 valence electrons. The zero-order valence-corrected chi connectivity index (χ0v) is 13.2. The number of nitrogens with zero attached hydrogens (tertiary/aromatic N) is 5. The zero-order valence-electron chi connectivity index (χ0n) is 13.2. The third-order valence-electron chi connectivity index (χ3n) is 3.19. The molecule has 1 aromatic carbocycles.